The third-order valence-electron chi connectivity index (χ3n) is 0.337. The van der Waals surface area contributed by atoms with Crippen LogP contribution in [0, 0.1) is 0 Å². The lowest BCUT2D eigenvalue weighted by Crippen LogP contribution is -2.17. The number of hydrogen-bond donors (Lipinski definition) is 2. The molecule has 3 nitrogen and oxygen atoms in total. The third kappa shape index (κ3) is 3.72. The predicted octanol–water partition coefficient (Wildman–Crippen LogP) is 0.341. The van der Waals surface area contributed by atoms with Gasteiger partial charge in [0.05, 0.1) is 6.20 Å². The zero-order chi connectivity index (χ0) is 3.54. The monoisotopic (exact) mass is 144 g/mol. The Morgan fingerprint density at radius 3 is 2.14 bits per heavy atom. The molecule has 0 saturated heterocycles. The van der Waals surface area contributed by atoms with E-state index in [1.165, 1.54) is 6.26 Å². The van der Waals surface area contributed by atoms with Gasteiger partial charge in [0.25, 0.3) is 0 Å². The summed E-state index contributed by atoms with van der Waals surface area (Å²) >= 11 is 0. The van der Waals surface area contributed by atoms with Gasteiger partial charge in [-0.1, -0.05) is 5.59 Å². The molecule has 0 aromatic carbocycles. The summed E-state index contributed by atoms with van der Waals surface area (Å²) in [4.78, 5) is 4.40. The van der Waals surface area contributed by atoms with E-state index in [9.17, 15) is 0 Å². The molecule has 2 N–H and O–H groups in total. The van der Waals surface area contributed by atoms with Crippen molar-refractivity contribution in [2.24, 2.45) is 0 Å². The van der Waals surface area contributed by atoms with Gasteiger partial charge in [-0.25, -0.2) is 0 Å². The van der Waals surface area contributed by atoms with Crippen molar-refractivity contribution in [1.29, 1.82) is 0 Å². The van der Waals surface area contributed by atoms with Gasteiger partial charge in [0.2, 0.25) is 0 Å². The Kier molecular flexibility index (Phi) is 8.39. The van der Waals surface area contributed by atoms with Crippen molar-refractivity contribution in [1.82, 2.24) is 11.0 Å². The molecule has 0 aromatic rings. The Labute approximate surface area is 53.9 Å². The lowest BCUT2D eigenvalue weighted by Gasteiger charge is -1.85. The van der Waals surface area contributed by atoms with Crippen molar-refractivity contribution in [3.8, 4) is 0 Å². The first-order chi connectivity index (χ1) is 2.50. The van der Waals surface area contributed by atoms with Crippen LogP contribution in [-0.2, 0) is 4.84 Å². The Balaban J connectivity index is 0. The summed E-state index contributed by atoms with van der Waals surface area (Å²) in [6, 6.07) is 0. The molecular weight excluding hydrogens is 139 g/mol. The highest BCUT2D eigenvalue weighted by atomic mass is 35.5. The quantitative estimate of drug-likeness (QED) is 0.515. The number of rotatable bonds is 0. The van der Waals surface area contributed by atoms with Crippen molar-refractivity contribution in [3.05, 3.63) is 12.5 Å². The molecule has 7 heavy (non-hydrogen) atoms. The van der Waals surface area contributed by atoms with E-state index in [0.717, 1.165) is 0 Å². The van der Waals surface area contributed by atoms with Crippen LogP contribution in [0.15, 0.2) is 12.5 Å². The van der Waals surface area contributed by atoms with Crippen molar-refractivity contribution < 1.29 is 4.84 Å². The molecule has 0 unspecified atom stereocenters. The van der Waals surface area contributed by atoms with Gasteiger partial charge in [0, 0.05) is 0 Å². The van der Waals surface area contributed by atoms with E-state index in [1.807, 2.05) is 0 Å². The van der Waals surface area contributed by atoms with Crippen LogP contribution in [0.5, 0.6) is 0 Å². The van der Waals surface area contributed by atoms with Gasteiger partial charge in [-0.3, -0.25) is 5.43 Å². The second kappa shape index (κ2) is 5.88. The van der Waals surface area contributed by atoms with Crippen LogP contribution in [0.1, 0.15) is 0 Å². The van der Waals surface area contributed by atoms with Crippen LogP contribution in [0.25, 0.3) is 0 Å². The second-order valence-electron chi connectivity index (χ2n) is 0.667. The van der Waals surface area contributed by atoms with E-state index >= 15 is 0 Å². The molecule has 1 aliphatic heterocycles. The first-order valence-corrected chi connectivity index (χ1v) is 1.31. The molecule has 0 fully saturated rings. The molecule has 0 bridgehead atoms. The maximum absolute atomic E-state index is 4.40. The van der Waals surface area contributed by atoms with Crippen LogP contribution < -0.4 is 11.0 Å². The molecule has 0 radical (unpaired) electrons. The summed E-state index contributed by atoms with van der Waals surface area (Å²) in [5.41, 5.74) is 4.93. The van der Waals surface area contributed by atoms with Crippen molar-refractivity contribution in [3.63, 3.8) is 0 Å². The van der Waals surface area contributed by atoms with E-state index in [4.69, 9.17) is 0 Å². The van der Waals surface area contributed by atoms with Gasteiger partial charge in [0.15, 0.2) is 0 Å². The second-order valence-corrected chi connectivity index (χ2v) is 0.667. The fraction of sp³-hybridized carbons (Fsp3) is 0. The minimum atomic E-state index is 0. The molecule has 1 aliphatic rings. The van der Waals surface area contributed by atoms with Crippen LogP contribution in [0.3, 0.4) is 0 Å². The van der Waals surface area contributed by atoms with E-state index < -0.39 is 0 Å². The lowest BCUT2D eigenvalue weighted by molar-refractivity contribution is 0.137. The number of hydrazine groups is 1. The van der Waals surface area contributed by atoms with E-state index in [-0.39, 0.29) is 24.8 Å². The zero-order valence-electron chi connectivity index (χ0n) is 3.38. The molecule has 0 amide bonds. The van der Waals surface area contributed by atoms with E-state index in [0.29, 0.717) is 0 Å². The largest absolute Gasteiger partial charge is 0.395 e. The fourth-order valence-electron chi connectivity index (χ4n) is 0.170. The summed E-state index contributed by atoms with van der Waals surface area (Å²) in [6.07, 6.45) is 3.17. The Bertz CT molecular complexity index is 51.7. The Hall–Kier alpha value is -0.120. The minimum absolute atomic E-state index is 0. The highest BCUT2D eigenvalue weighted by Crippen LogP contribution is 1.70. The van der Waals surface area contributed by atoms with Crippen molar-refractivity contribution in [2.45, 2.75) is 0 Å². The SMILES string of the molecule is C1=CONN1.Cl.Cl. The predicted molar refractivity (Wildman–Crippen MR) is 31.0 cm³/mol. The normalized spacial score (nSPS) is 12.6. The molecule has 1 rings (SSSR count). The van der Waals surface area contributed by atoms with Gasteiger partial charge in [0.1, 0.15) is 6.26 Å². The molecule has 44 valence electrons. The third-order valence-corrected chi connectivity index (χ3v) is 0.337. The fourth-order valence-corrected chi connectivity index (χ4v) is 0.170. The molecule has 0 aromatic heterocycles. The maximum Gasteiger partial charge on any atom is 0.130 e. The molecule has 0 atom stereocenters. The molecule has 0 aliphatic carbocycles. The average Bonchev–Trinajstić information content (AvgIpc) is 1.76. The van der Waals surface area contributed by atoms with Crippen LogP contribution in [-0.4, -0.2) is 0 Å². The van der Waals surface area contributed by atoms with Gasteiger partial charge < -0.3 is 4.84 Å². The Morgan fingerprint density at radius 2 is 2.00 bits per heavy atom. The topological polar surface area (TPSA) is 33.3 Å². The van der Waals surface area contributed by atoms with Gasteiger partial charge in [-0.2, -0.15) is 0 Å². The summed E-state index contributed by atoms with van der Waals surface area (Å²) in [7, 11) is 0. The minimum Gasteiger partial charge on any atom is -0.395 e. The summed E-state index contributed by atoms with van der Waals surface area (Å²) in [5, 5.41) is 0. The molecule has 1 heterocycles. The summed E-state index contributed by atoms with van der Waals surface area (Å²) < 4.78 is 0. The summed E-state index contributed by atoms with van der Waals surface area (Å²) in [5.74, 6) is 0. The summed E-state index contributed by atoms with van der Waals surface area (Å²) in [6.45, 7) is 0. The maximum atomic E-state index is 4.40. The van der Waals surface area contributed by atoms with Gasteiger partial charge in [-0.15, -0.1) is 24.8 Å². The van der Waals surface area contributed by atoms with Gasteiger partial charge >= 0.3 is 0 Å². The molecule has 0 saturated carbocycles. The Morgan fingerprint density at radius 1 is 1.29 bits per heavy atom. The van der Waals surface area contributed by atoms with Crippen molar-refractivity contribution >= 4 is 24.8 Å². The lowest BCUT2D eigenvalue weighted by atomic mass is 11.0. The number of hydrogen-bond acceptors (Lipinski definition) is 3. The van der Waals surface area contributed by atoms with E-state index in [2.05, 4.69) is 15.9 Å². The highest BCUT2D eigenvalue weighted by molar-refractivity contribution is 5.85. The van der Waals surface area contributed by atoms with Crippen LogP contribution >= 0.6 is 24.8 Å². The van der Waals surface area contributed by atoms with E-state index in [1.54, 1.807) is 6.20 Å². The average molecular weight is 145 g/mol. The first-order valence-electron chi connectivity index (χ1n) is 1.31. The number of halogens is 2. The van der Waals surface area contributed by atoms with Crippen molar-refractivity contribution in [2.75, 3.05) is 0 Å². The molecule has 0 spiro atoms. The molecule has 5 heteroatoms. The smallest absolute Gasteiger partial charge is 0.130 e. The van der Waals surface area contributed by atoms with Crippen LogP contribution in [0.4, 0.5) is 0 Å². The van der Waals surface area contributed by atoms with Gasteiger partial charge in [-0.05, 0) is 0 Å². The number of nitrogens with one attached hydrogen (secondary N) is 2. The van der Waals surface area contributed by atoms with Crippen LogP contribution in [0.2, 0.25) is 0 Å². The molecular formula is C2H6Cl2N2O. The standard InChI is InChI=1S/C2H4N2O.2ClH/c1-2-5-4-3-1;;/h1-4H;2*1H. The zero-order valence-corrected chi connectivity index (χ0v) is 5.01. The first kappa shape index (κ1) is 9.99. The highest BCUT2D eigenvalue weighted by Gasteiger charge is 1.77.